The van der Waals surface area contributed by atoms with Gasteiger partial charge in [-0.3, -0.25) is 9.59 Å². The number of rotatable bonds is 4. The zero-order valence-electron chi connectivity index (χ0n) is 13.1. The van der Waals surface area contributed by atoms with Crippen LogP contribution in [0.4, 0.5) is 5.69 Å². The number of carbonyl (C=O) groups excluding carboxylic acids is 2. The number of fused-ring (bicyclic) bond motifs is 1. The third-order valence-corrected chi connectivity index (χ3v) is 3.99. The fraction of sp³-hybridized carbons (Fsp3) is 0.263. The van der Waals surface area contributed by atoms with Crippen molar-refractivity contribution >= 4 is 17.6 Å². The summed E-state index contributed by atoms with van der Waals surface area (Å²) in [6, 6.07) is 15.4. The Labute approximate surface area is 135 Å². The van der Waals surface area contributed by atoms with Crippen LogP contribution in [0.2, 0.25) is 0 Å². The van der Waals surface area contributed by atoms with Gasteiger partial charge in [0, 0.05) is 18.4 Å². The number of anilines is 1. The van der Waals surface area contributed by atoms with Gasteiger partial charge in [0.15, 0.2) is 0 Å². The first-order valence-corrected chi connectivity index (χ1v) is 7.86. The molecule has 0 atom stereocenters. The highest BCUT2D eigenvalue weighted by molar-refractivity contribution is 5.97. The summed E-state index contributed by atoms with van der Waals surface area (Å²) >= 11 is 0. The van der Waals surface area contributed by atoms with Crippen molar-refractivity contribution in [2.24, 2.45) is 0 Å². The number of hydrogen-bond donors (Lipinski definition) is 0. The number of hydrogen-bond acceptors (Lipinski definition) is 3. The van der Waals surface area contributed by atoms with Crippen molar-refractivity contribution in [1.82, 2.24) is 0 Å². The molecule has 118 valence electrons. The second kappa shape index (κ2) is 6.65. The number of amides is 1. The van der Waals surface area contributed by atoms with Crippen LogP contribution in [-0.4, -0.2) is 11.9 Å². The van der Waals surface area contributed by atoms with Crippen LogP contribution >= 0.6 is 0 Å². The number of carbonyl (C=O) groups is 2. The Balaban J connectivity index is 1.94. The van der Waals surface area contributed by atoms with Crippen molar-refractivity contribution in [2.45, 2.75) is 32.7 Å². The van der Waals surface area contributed by atoms with Gasteiger partial charge in [-0.05, 0) is 24.1 Å². The van der Waals surface area contributed by atoms with Crippen LogP contribution < -0.4 is 9.64 Å². The highest BCUT2D eigenvalue weighted by atomic mass is 16.5. The van der Waals surface area contributed by atoms with E-state index in [1.165, 1.54) is 0 Å². The summed E-state index contributed by atoms with van der Waals surface area (Å²) in [4.78, 5) is 25.7. The molecule has 1 heterocycles. The Morgan fingerprint density at radius 1 is 1.09 bits per heavy atom. The quantitative estimate of drug-likeness (QED) is 0.641. The van der Waals surface area contributed by atoms with Gasteiger partial charge in [0.05, 0.1) is 12.2 Å². The lowest BCUT2D eigenvalue weighted by atomic mass is 9.99. The highest BCUT2D eigenvalue weighted by Gasteiger charge is 2.27. The van der Waals surface area contributed by atoms with Gasteiger partial charge in [0.25, 0.3) is 0 Å². The molecule has 0 N–H and O–H groups in total. The third-order valence-electron chi connectivity index (χ3n) is 3.99. The van der Waals surface area contributed by atoms with E-state index < -0.39 is 0 Å². The van der Waals surface area contributed by atoms with Gasteiger partial charge in [0.1, 0.15) is 5.75 Å². The normalized spacial score (nSPS) is 13.6. The van der Waals surface area contributed by atoms with Crippen molar-refractivity contribution in [3.8, 4) is 5.75 Å². The Morgan fingerprint density at radius 2 is 1.87 bits per heavy atom. The molecule has 1 aliphatic heterocycles. The van der Waals surface area contributed by atoms with Crippen LogP contribution in [0.1, 0.15) is 30.9 Å². The molecule has 0 unspecified atom stereocenters. The van der Waals surface area contributed by atoms with E-state index >= 15 is 0 Å². The molecule has 0 spiro atoms. The predicted octanol–water partition coefficient (Wildman–Crippen LogP) is 3.48. The molecule has 0 aromatic heterocycles. The van der Waals surface area contributed by atoms with E-state index in [0.717, 1.165) is 16.8 Å². The average molecular weight is 309 g/mol. The fourth-order valence-electron chi connectivity index (χ4n) is 2.79. The van der Waals surface area contributed by atoms with Crippen LogP contribution in [0.15, 0.2) is 48.5 Å². The molecule has 0 bridgehead atoms. The SMILES string of the molecule is CCC(=O)Oc1cccc2c1CCC(=O)N2Cc1ccccc1. The molecule has 1 aliphatic rings. The molecule has 1 amide bonds. The number of nitrogens with zero attached hydrogens (tertiary/aromatic N) is 1. The lowest BCUT2D eigenvalue weighted by molar-refractivity contribution is -0.134. The summed E-state index contributed by atoms with van der Waals surface area (Å²) in [5, 5.41) is 0. The molecular weight excluding hydrogens is 290 g/mol. The molecule has 4 heteroatoms. The van der Waals surface area contributed by atoms with Crippen LogP contribution in [0.25, 0.3) is 0 Å². The van der Waals surface area contributed by atoms with Crippen molar-refractivity contribution in [3.63, 3.8) is 0 Å². The first kappa shape index (κ1) is 15.3. The lowest BCUT2D eigenvalue weighted by Gasteiger charge is -2.30. The number of esters is 1. The van der Waals surface area contributed by atoms with Crippen LogP contribution in [0, 0.1) is 0 Å². The van der Waals surface area contributed by atoms with E-state index in [0.29, 0.717) is 31.6 Å². The maximum atomic E-state index is 12.4. The fourth-order valence-corrected chi connectivity index (χ4v) is 2.79. The topological polar surface area (TPSA) is 46.6 Å². The lowest BCUT2D eigenvalue weighted by Crippen LogP contribution is -2.34. The summed E-state index contributed by atoms with van der Waals surface area (Å²) in [5.74, 6) is 0.408. The van der Waals surface area contributed by atoms with E-state index in [9.17, 15) is 9.59 Å². The van der Waals surface area contributed by atoms with Crippen molar-refractivity contribution in [1.29, 1.82) is 0 Å². The Bertz CT molecular complexity index is 725. The molecule has 4 nitrogen and oxygen atoms in total. The van der Waals surface area contributed by atoms with E-state index in [-0.39, 0.29) is 11.9 Å². The van der Waals surface area contributed by atoms with E-state index in [4.69, 9.17) is 4.74 Å². The highest BCUT2D eigenvalue weighted by Crippen LogP contribution is 2.35. The van der Waals surface area contributed by atoms with Crippen LogP contribution in [0.3, 0.4) is 0 Å². The molecule has 2 aromatic carbocycles. The second-order valence-corrected chi connectivity index (χ2v) is 5.55. The van der Waals surface area contributed by atoms with Crippen molar-refractivity contribution < 1.29 is 14.3 Å². The molecular formula is C19H19NO3. The summed E-state index contributed by atoms with van der Waals surface area (Å²) in [7, 11) is 0. The molecule has 2 aromatic rings. The molecule has 3 rings (SSSR count). The zero-order chi connectivity index (χ0) is 16.2. The molecule has 0 saturated heterocycles. The van der Waals surface area contributed by atoms with Gasteiger partial charge in [-0.2, -0.15) is 0 Å². The molecule has 0 aliphatic carbocycles. The first-order chi connectivity index (χ1) is 11.2. The second-order valence-electron chi connectivity index (χ2n) is 5.55. The Hall–Kier alpha value is -2.62. The summed E-state index contributed by atoms with van der Waals surface area (Å²) in [6.45, 7) is 2.29. The molecule has 23 heavy (non-hydrogen) atoms. The van der Waals surface area contributed by atoms with Crippen LogP contribution in [0.5, 0.6) is 5.75 Å². The van der Waals surface area contributed by atoms with Crippen molar-refractivity contribution in [3.05, 3.63) is 59.7 Å². The van der Waals surface area contributed by atoms with Gasteiger partial charge >= 0.3 is 5.97 Å². The number of benzene rings is 2. The molecule has 0 radical (unpaired) electrons. The molecule has 0 saturated carbocycles. The summed E-state index contributed by atoms with van der Waals surface area (Å²) in [5.41, 5.74) is 2.85. The molecule has 0 fully saturated rings. The Morgan fingerprint density at radius 3 is 2.61 bits per heavy atom. The standard InChI is InChI=1S/C19H19NO3/c1-2-19(22)23-17-10-6-9-16-15(17)11-12-18(21)20(16)13-14-7-4-3-5-8-14/h3-10H,2,11-13H2,1H3. The monoisotopic (exact) mass is 309 g/mol. The third kappa shape index (κ3) is 3.26. The number of ether oxygens (including phenoxy) is 1. The van der Waals surface area contributed by atoms with E-state index in [1.54, 1.807) is 17.9 Å². The minimum absolute atomic E-state index is 0.0975. The Kier molecular flexibility index (Phi) is 4.42. The zero-order valence-corrected chi connectivity index (χ0v) is 13.1. The van der Waals surface area contributed by atoms with Crippen LogP contribution in [-0.2, 0) is 22.6 Å². The van der Waals surface area contributed by atoms with E-state index in [1.807, 2.05) is 42.5 Å². The smallest absolute Gasteiger partial charge is 0.310 e. The minimum Gasteiger partial charge on any atom is -0.426 e. The minimum atomic E-state index is -0.259. The summed E-state index contributed by atoms with van der Waals surface area (Å²) < 4.78 is 5.42. The largest absolute Gasteiger partial charge is 0.426 e. The van der Waals surface area contributed by atoms with Gasteiger partial charge in [0.2, 0.25) is 5.91 Å². The first-order valence-electron chi connectivity index (χ1n) is 7.86. The predicted molar refractivity (Wildman–Crippen MR) is 88.3 cm³/mol. The summed E-state index contributed by atoms with van der Waals surface area (Å²) in [6.07, 6.45) is 1.36. The van der Waals surface area contributed by atoms with Gasteiger partial charge in [-0.15, -0.1) is 0 Å². The maximum absolute atomic E-state index is 12.4. The van der Waals surface area contributed by atoms with Gasteiger partial charge in [-0.1, -0.05) is 43.3 Å². The van der Waals surface area contributed by atoms with E-state index in [2.05, 4.69) is 0 Å². The maximum Gasteiger partial charge on any atom is 0.310 e. The average Bonchev–Trinajstić information content (AvgIpc) is 2.58. The van der Waals surface area contributed by atoms with Crippen molar-refractivity contribution in [2.75, 3.05) is 4.90 Å². The van der Waals surface area contributed by atoms with Gasteiger partial charge in [-0.25, -0.2) is 0 Å². The van der Waals surface area contributed by atoms with Gasteiger partial charge < -0.3 is 9.64 Å².